The van der Waals surface area contributed by atoms with Crippen molar-refractivity contribution >= 4 is 0 Å². The van der Waals surface area contributed by atoms with E-state index < -0.39 is 0 Å². The zero-order valence-electron chi connectivity index (χ0n) is 11.9. The van der Waals surface area contributed by atoms with Gasteiger partial charge in [0.15, 0.2) is 0 Å². The Bertz CT molecular complexity index is 564. The van der Waals surface area contributed by atoms with E-state index >= 15 is 0 Å². The summed E-state index contributed by atoms with van der Waals surface area (Å²) in [4.78, 5) is 4.42. The fraction of sp³-hybridized carbons (Fsp3) is 0.438. The van der Waals surface area contributed by atoms with Gasteiger partial charge in [0.1, 0.15) is 6.10 Å². The van der Waals surface area contributed by atoms with E-state index in [1.807, 2.05) is 6.33 Å². The monoisotopic (exact) mass is 271 g/mol. The third kappa shape index (κ3) is 2.92. The molecular formula is C16H21N3O. The summed E-state index contributed by atoms with van der Waals surface area (Å²) in [6.07, 6.45) is 5.15. The third-order valence-electron chi connectivity index (χ3n) is 3.71. The molecule has 4 nitrogen and oxygen atoms in total. The first-order valence-corrected chi connectivity index (χ1v) is 7.27. The van der Waals surface area contributed by atoms with Gasteiger partial charge in [-0.25, -0.2) is 4.98 Å². The van der Waals surface area contributed by atoms with Crippen LogP contribution in [0.3, 0.4) is 0 Å². The van der Waals surface area contributed by atoms with Gasteiger partial charge in [-0.1, -0.05) is 31.2 Å². The Morgan fingerprint density at radius 1 is 1.40 bits per heavy atom. The predicted molar refractivity (Wildman–Crippen MR) is 78.4 cm³/mol. The molecule has 0 aliphatic carbocycles. The summed E-state index contributed by atoms with van der Waals surface area (Å²) in [6.45, 7) is 5.53. The van der Waals surface area contributed by atoms with Crippen LogP contribution in [0.15, 0.2) is 36.8 Å². The second kappa shape index (κ2) is 6.20. The molecule has 1 aromatic heterocycles. The van der Waals surface area contributed by atoms with E-state index in [4.69, 9.17) is 4.74 Å². The molecule has 1 unspecified atom stereocenters. The van der Waals surface area contributed by atoms with Gasteiger partial charge in [0, 0.05) is 12.7 Å². The first kappa shape index (κ1) is 13.3. The highest BCUT2D eigenvalue weighted by Crippen LogP contribution is 2.28. The van der Waals surface area contributed by atoms with Gasteiger partial charge in [-0.05, 0) is 24.1 Å². The number of hydrogen-bond donors (Lipinski definition) is 1. The number of nitrogens with one attached hydrogen (secondary N) is 1. The van der Waals surface area contributed by atoms with E-state index in [1.54, 1.807) is 0 Å². The summed E-state index contributed by atoms with van der Waals surface area (Å²) < 4.78 is 8.06. The van der Waals surface area contributed by atoms with Gasteiger partial charge in [-0.15, -0.1) is 0 Å². The average molecular weight is 271 g/mol. The standard InChI is InChI=1S/C16H21N3O/c1-2-17-9-14-10-19(12-18-14)11-16-15-6-4-3-5-13(15)7-8-20-16/h3-6,10,12,16-17H,2,7-9,11H2,1H3. The minimum Gasteiger partial charge on any atom is -0.371 e. The van der Waals surface area contributed by atoms with E-state index in [9.17, 15) is 0 Å². The van der Waals surface area contributed by atoms with E-state index in [2.05, 4.69) is 52.3 Å². The summed E-state index contributed by atoms with van der Waals surface area (Å²) in [6, 6.07) is 8.57. The summed E-state index contributed by atoms with van der Waals surface area (Å²) >= 11 is 0. The number of hydrogen-bond acceptors (Lipinski definition) is 3. The third-order valence-corrected chi connectivity index (χ3v) is 3.71. The number of imidazole rings is 1. The van der Waals surface area contributed by atoms with Crippen molar-refractivity contribution in [2.24, 2.45) is 0 Å². The van der Waals surface area contributed by atoms with E-state index in [0.29, 0.717) is 0 Å². The Labute approximate surface area is 119 Å². The second-order valence-corrected chi connectivity index (χ2v) is 5.15. The summed E-state index contributed by atoms with van der Waals surface area (Å²) in [5, 5.41) is 3.29. The molecule has 0 fully saturated rings. The predicted octanol–water partition coefficient (Wildman–Crippen LogP) is 2.31. The molecule has 1 aliphatic rings. The highest BCUT2D eigenvalue weighted by molar-refractivity contribution is 5.30. The van der Waals surface area contributed by atoms with Gasteiger partial charge in [0.25, 0.3) is 0 Å². The van der Waals surface area contributed by atoms with Gasteiger partial charge in [0.2, 0.25) is 0 Å². The Hall–Kier alpha value is -1.65. The molecule has 20 heavy (non-hydrogen) atoms. The Morgan fingerprint density at radius 2 is 2.30 bits per heavy atom. The lowest BCUT2D eigenvalue weighted by atomic mass is 9.97. The van der Waals surface area contributed by atoms with Crippen LogP contribution in [0.5, 0.6) is 0 Å². The maximum atomic E-state index is 5.93. The summed E-state index contributed by atoms with van der Waals surface area (Å²) in [5.41, 5.74) is 3.81. The largest absolute Gasteiger partial charge is 0.371 e. The van der Waals surface area contributed by atoms with Crippen molar-refractivity contribution in [1.29, 1.82) is 0 Å². The quantitative estimate of drug-likeness (QED) is 0.907. The van der Waals surface area contributed by atoms with Crippen LogP contribution in [-0.4, -0.2) is 22.7 Å². The Morgan fingerprint density at radius 3 is 3.20 bits per heavy atom. The second-order valence-electron chi connectivity index (χ2n) is 5.15. The molecule has 1 aliphatic heterocycles. The van der Waals surface area contributed by atoms with Crippen LogP contribution in [0.1, 0.15) is 29.8 Å². The zero-order valence-corrected chi connectivity index (χ0v) is 11.9. The molecular weight excluding hydrogens is 250 g/mol. The van der Waals surface area contributed by atoms with Gasteiger partial charge < -0.3 is 14.6 Å². The lowest BCUT2D eigenvalue weighted by Crippen LogP contribution is -2.20. The first-order chi connectivity index (χ1) is 9.86. The molecule has 106 valence electrons. The van der Waals surface area contributed by atoms with Crippen LogP contribution in [0.25, 0.3) is 0 Å². The molecule has 0 bridgehead atoms. The van der Waals surface area contributed by atoms with Crippen molar-refractivity contribution in [3.8, 4) is 0 Å². The lowest BCUT2D eigenvalue weighted by Gasteiger charge is -2.26. The molecule has 3 rings (SSSR count). The molecule has 2 aromatic rings. The van der Waals surface area contributed by atoms with Crippen molar-refractivity contribution < 1.29 is 4.74 Å². The highest BCUT2D eigenvalue weighted by Gasteiger charge is 2.20. The van der Waals surface area contributed by atoms with Crippen LogP contribution < -0.4 is 5.32 Å². The van der Waals surface area contributed by atoms with Gasteiger partial charge in [-0.3, -0.25) is 0 Å². The van der Waals surface area contributed by atoms with Crippen molar-refractivity contribution in [2.75, 3.05) is 13.2 Å². The van der Waals surface area contributed by atoms with Gasteiger partial charge >= 0.3 is 0 Å². The zero-order chi connectivity index (χ0) is 13.8. The first-order valence-electron chi connectivity index (χ1n) is 7.27. The van der Waals surface area contributed by atoms with Gasteiger partial charge in [0.05, 0.1) is 25.2 Å². The molecule has 4 heteroatoms. The van der Waals surface area contributed by atoms with Crippen LogP contribution in [0.2, 0.25) is 0 Å². The van der Waals surface area contributed by atoms with E-state index in [1.165, 1.54) is 11.1 Å². The molecule has 0 spiro atoms. The molecule has 0 radical (unpaired) electrons. The number of aromatic nitrogens is 2. The van der Waals surface area contributed by atoms with Crippen molar-refractivity contribution in [3.63, 3.8) is 0 Å². The summed E-state index contributed by atoms with van der Waals surface area (Å²) in [7, 11) is 0. The van der Waals surface area contributed by atoms with Crippen molar-refractivity contribution in [3.05, 3.63) is 53.6 Å². The molecule has 0 saturated heterocycles. The van der Waals surface area contributed by atoms with E-state index in [0.717, 1.165) is 38.4 Å². The van der Waals surface area contributed by atoms with E-state index in [-0.39, 0.29) is 6.10 Å². The van der Waals surface area contributed by atoms with Crippen molar-refractivity contribution in [1.82, 2.24) is 14.9 Å². The fourth-order valence-corrected chi connectivity index (χ4v) is 2.67. The Balaban J connectivity index is 1.71. The van der Waals surface area contributed by atoms with Crippen LogP contribution in [0.4, 0.5) is 0 Å². The van der Waals surface area contributed by atoms with Crippen LogP contribution in [0, 0.1) is 0 Å². The van der Waals surface area contributed by atoms with Gasteiger partial charge in [-0.2, -0.15) is 0 Å². The SMILES string of the molecule is CCNCc1cn(CC2OCCc3ccccc32)cn1. The lowest BCUT2D eigenvalue weighted by molar-refractivity contribution is 0.0306. The maximum Gasteiger partial charge on any atom is 0.101 e. The minimum atomic E-state index is 0.140. The van der Waals surface area contributed by atoms with Crippen LogP contribution in [-0.2, 0) is 24.2 Å². The number of rotatable bonds is 5. The molecule has 1 N–H and O–H groups in total. The normalized spacial score (nSPS) is 17.9. The molecule has 0 amide bonds. The van der Waals surface area contributed by atoms with Crippen LogP contribution >= 0.6 is 0 Å². The molecule has 0 saturated carbocycles. The Kier molecular flexibility index (Phi) is 4.14. The smallest absolute Gasteiger partial charge is 0.101 e. The van der Waals surface area contributed by atoms with Crippen molar-refractivity contribution in [2.45, 2.75) is 32.5 Å². The molecule has 2 heterocycles. The molecule has 1 atom stereocenters. The number of benzene rings is 1. The summed E-state index contributed by atoms with van der Waals surface area (Å²) in [5.74, 6) is 0. The number of ether oxygens (including phenoxy) is 1. The topological polar surface area (TPSA) is 39.1 Å². The highest BCUT2D eigenvalue weighted by atomic mass is 16.5. The minimum absolute atomic E-state index is 0.140. The average Bonchev–Trinajstić information content (AvgIpc) is 2.93. The fourth-order valence-electron chi connectivity index (χ4n) is 2.67. The maximum absolute atomic E-state index is 5.93. The number of fused-ring (bicyclic) bond motifs is 1. The molecule has 1 aromatic carbocycles. The number of nitrogens with zero attached hydrogens (tertiary/aromatic N) is 2.